The molecule has 0 bridgehead atoms. The summed E-state index contributed by atoms with van der Waals surface area (Å²) in [6.07, 6.45) is 8.70. The van der Waals surface area contributed by atoms with E-state index in [1.165, 1.54) is 90.6 Å². The van der Waals surface area contributed by atoms with Gasteiger partial charge in [0.25, 0.3) is 0 Å². The molecule has 3 aromatic rings. The summed E-state index contributed by atoms with van der Waals surface area (Å²) in [5.74, 6) is 2.57. The van der Waals surface area contributed by atoms with Crippen molar-refractivity contribution in [3.8, 4) is 0 Å². The Morgan fingerprint density at radius 2 is 0.610 bits per heavy atom. The van der Waals surface area contributed by atoms with Gasteiger partial charge in [0.05, 0.1) is 0 Å². The van der Waals surface area contributed by atoms with Gasteiger partial charge in [-0.15, -0.1) is 0 Å². The molecule has 105 heavy (non-hydrogen) atoms. The third kappa shape index (κ3) is 147. The van der Waals surface area contributed by atoms with Crippen LogP contribution in [0.3, 0.4) is 0 Å². The first-order valence-corrected chi connectivity index (χ1v) is 33.6. The Hall–Kier alpha value is -8.12. The van der Waals surface area contributed by atoms with Crippen LogP contribution in [0.5, 0.6) is 0 Å². The number of nitrogens with two attached hydrogens (primary N) is 5. The maximum Gasteiger partial charge on any atom is 0.246 e. The summed E-state index contributed by atoms with van der Waals surface area (Å²) in [6, 6.07) is 27.1. The normalized spacial score (nSPS) is 9.06. The van der Waals surface area contributed by atoms with Crippen molar-refractivity contribution in [3.63, 3.8) is 0 Å². The van der Waals surface area contributed by atoms with Crippen LogP contribution in [-0.4, -0.2) is 186 Å². The number of carbonyl (C=O) groups excluding carboxylic acids is 14. The van der Waals surface area contributed by atoms with E-state index in [0.29, 0.717) is 19.5 Å². The highest BCUT2D eigenvalue weighted by Crippen LogP contribution is 2.17. The molecule has 1 saturated heterocycles. The van der Waals surface area contributed by atoms with Crippen LogP contribution in [0.4, 0.5) is 0 Å². The Balaban J connectivity index is -0.0000000396. The number of benzene rings is 3. The van der Waals surface area contributed by atoms with Gasteiger partial charge < -0.3 is 121 Å². The SMILES string of the molecule is C=O.C=O.C=O.C=O.C=O.C=O.C=O.C=O.C=O.CC.CC.CC(=O)N(C)[C@@H](Cc1ccccc1)C(=O)N(C)[C@@H](Cc1ccccc1)C(=O)N[C@@H](C)C(=O)N1CCCCC1.CC(C)=O.CC(C)C.CCC(C)C.CCC(C)C.CCC(C)C.CCc1ccccc1.CN.CN.CN.CN.CN.N.N.N.N. The van der Waals surface area contributed by atoms with Crippen LogP contribution in [0.2, 0.25) is 0 Å². The van der Waals surface area contributed by atoms with Gasteiger partial charge >= 0.3 is 0 Å². The van der Waals surface area contributed by atoms with Gasteiger partial charge in [0.15, 0.2) is 0 Å². The number of nitrogens with one attached hydrogen (secondary N) is 1. The first-order valence-electron chi connectivity index (χ1n) is 33.6. The monoisotopic (exact) mass is 1510 g/mol. The zero-order valence-electron chi connectivity index (χ0n) is 72.1. The zero-order valence-corrected chi connectivity index (χ0v) is 72.1. The summed E-state index contributed by atoms with van der Waals surface area (Å²) in [7, 11) is 10.7. The second-order valence-corrected chi connectivity index (χ2v) is 20.0. The third-order valence-corrected chi connectivity index (χ3v) is 11.0. The van der Waals surface area contributed by atoms with Crippen molar-refractivity contribution in [2.45, 2.75) is 221 Å². The molecule has 1 fully saturated rings. The van der Waals surface area contributed by atoms with Gasteiger partial charge in [-0.1, -0.05) is 228 Å². The molecule has 0 aromatic heterocycles. The Labute approximate surface area is 643 Å². The fourth-order valence-corrected chi connectivity index (χ4v) is 5.55. The number of ketones is 1. The lowest BCUT2D eigenvalue weighted by Crippen LogP contribution is -2.58. The van der Waals surface area contributed by atoms with E-state index in [9.17, 15) is 24.0 Å². The summed E-state index contributed by atoms with van der Waals surface area (Å²) in [4.78, 5) is 139. The lowest BCUT2D eigenvalue weighted by molar-refractivity contribution is -0.147. The number of hydrogen-bond donors (Lipinski definition) is 10. The quantitative estimate of drug-likeness (QED) is 0.0716. The average Bonchev–Trinajstić information content (AvgIpc) is 0.823. The molecule has 1 heterocycles. The number of amides is 4. The lowest BCUT2D eigenvalue weighted by atomic mass is 10.00. The van der Waals surface area contributed by atoms with E-state index in [4.69, 9.17) is 43.2 Å². The molecule has 4 rings (SSSR count). The maximum atomic E-state index is 13.9. The number of piperidine rings is 1. The standard InChI is InChI=1S/C30H40N4O4.C8H10.3C5H12.C4H10.C3H6O.2C2H6.5CH5N.9CH2O.4H3N/c1-22(29(37)34-18-12-7-13-19-34)31-28(36)26(20-24-14-8-5-9-15-24)33(4)30(38)27(32(3)23(2)35)21-25-16-10-6-11-17-25;1-2-8-6-4-3-5-7-8;3*1-4-5(2)3;1-4(2)3;1-3(2)4;16*1-2;;;;/h5-6,8-11,14-17,22,26-27H,7,12-13,18-21H2,1-4H3,(H,31,36);3-7H,2H2,1H3;3*5H,4H2,1-3H3;4H,1-3H3;1-2H3;2*1-2H3;5*2H2,1H3;9*1H2;4*1H3/t22-,26-,27-;;;;;;;;;;;;;;;;;;;;;;;;;;/m0........................../s1. The molecular weight excluding hydrogens is 1340 g/mol. The minimum absolute atomic E-state index is 0. The van der Waals surface area contributed by atoms with Crippen LogP contribution in [-0.2, 0) is 86.4 Å². The Kier molecular flexibility index (Phi) is 253. The van der Waals surface area contributed by atoms with E-state index in [-0.39, 0.29) is 54.5 Å². The molecule has 3 atom stereocenters. The fourth-order valence-electron chi connectivity index (χ4n) is 5.55. The van der Waals surface area contributed by atoms with Gasteiger partial charge in [-0.05, 0) is 122 Å². The summed E-state index contributed by atoms with van der Waals surface area (Å²) < 4.78 is 0. The molecule has 630 valence electrons. The highest BCUT2D eigenvalue weighted by molar-refractivity contribution is 5.94. The van der Waals surface area contributed by atoms with E-state index >= 15 is 0 Å². The molecule has 0 radical (unpaired) electrons. The molecule has 23 N–H and O–H groups in total. The van der Waals surface area contributed by atoms with Crippen LogP contribution in [0.25, 0.3) is 0 Å². The minimum Gasteiger partial charge on any atom is -0.344 e. The van der Waals surface area contributed by atoms with E-state index in [1.54, 1.807) is 25.9 Å². The number of aryl methyl sites for hydroxylation is 1. The fraction of sp³-hybridized carbons (Fsp3) is 0.590. The average molecular weight is 1510 g/mol. The first-order chi connectivity index (χ1) is 48.4. The van der Waals surface area contributed by atoms with Crippen molar-refractivity contribution < 1.29 is 67.1 Å². The van der Waals surface area contributed by atoms with Crippen molar-refractivity contribution >= 4 is 90.5 Å². The van der Waals surface area contributed by atoms with Gasteiger partial charge in [-0.25, -0.2) is 0 Å². The molecular formula is C78H169N13O14. The largest absolute Gasteiger partial charge is 0.344 e. The molecule has 4 amide bonds. The maximum absolute atomic E-state index is 13.9. The zero-order chi connectivity index (χ0) is 85.5. The number of likely N-dealkylation sites (tertiary alicyclic amines) is 1. The molecule has 0 saturated carbocycles. The van der Waals surface area contributed by atoms with Crippen molar-refractivity contribution in [1.82, 2.24) is 44.6 Å². The number of rotatable bonds is 14. The number of Topliss-reactive ketones (excluding diaryl/α,β-unsaturated/α-hetero) is 1. The molecule has 27 nitrogen and oxygen atoms in total. The predicted molar refractivity (Wildman–Crippen MR) is 453 cm³/mol. The first kappa shape index (κ1) is 163. The van der Waals surface area contributed by atoms with Crippen LogP contribution in [0.15, 0.2) is 91.0 Å². The van der Waals surface area contributed by atoms with Crippen molar-refractivity contribution in [3.05, 3.63) is 108 Å². The molecule has 1 aliphatic heterocycles. The van der Waals surface area contributed by atoms with Crippen molar-refractivity contribution in [1.29, 1.82) is 0 Å². The van der Waals surface area contributed by atoms with Gasteiger partial charge in [-0.3, -0.25) is 19.2 Å². The van der Waals surface area contributed by atoms with Gasteiger partial charge in [0.2, 0.25) is 23.6 Å². The van der Waals surface area contributed by atoms with Gasteiger partial charge in [0, 0.05) is 47.0 Å². The van der Waals surface area contributed by atoms with Crippen LogP contribution in [0, 0.1) is 23.7 Å². The molecule has 0 aliphatic carbocycles. The highest BCUT2D eigenvalue weighted by atomic mass is 16.2. The molecule has 0 spiro atoms. The van der Waals surface area contributed by atoms with Crippen molar-refractivity contribution in [2.24, 2.45) is 52.3 Å². The summed E-state index contributed by atoms with van der Waals surface area (Å²) in [6.45, 7) is 62.2. The van der Waals surface area contributed by atoms with Crippen LogP contribution >= 0.6 is 0 Å². The number of likely N-dealkylation sites (N-methyl/N-ethyl adjacent to an activating group) is 2. The molecule has 3 aromatic carbocycles. The summed E-state index contributed by atoms with van der Waals surface area (Å²) >= 11 is 0. The van der Waals surface area contributed by atoms with Crippen LogP contribution in [0.1, 0.15) is 201 Å². The van der Waals surface area contributed by atoms with Crippen molar-refractivity contribution in [2.75, 3.05) is 62.4 Å². The van der Waals surface area contributed by atoms with E-state index < -0.39 is 24.0 Å². The Morgan fingerprint density at radius 3 is 0.800 bits per heavy atom. The summed E-state index contributed by atoms with van der Waals surface area (Å²) in [5, 5.41) is 2.87. The Morgan fingerprint density at radius 1 is 0.400 bits per heavy atom. The lowest BCUT2D eigenvalue weighted by Gasteiger charge is -2.35. The van der Waals surface area contributed by atoms with E-state index in [0.717, 1.165) is 60.5 Å². The topological polar surface area (TPSA) is 531 Å². The number of carbonyl (C=O) groups is 14. The predicted octanol–water partition coefficient (Wildman–Crippen LogP) is 12.2. The van der Waals surface area contributed by atoms with Crippen LogP contribution < -0.4 is 58.6 Å². The van der Waals surface area contributed by atoms with E-state index in [1.807, 2.05) is 156 Å². The number of nitrogens with zero attached hydrogens (tertiary/aromatic N) is 3. The minimum atomic E-state index is -0.861. The Bertz CT molecular complexity index is 1890. The van der Waals surface area contributed by atoms with E-state index in [2.05, 4.69) is 148 Å². The third-order valence-electron chi connectivity index (χ3n) is 11.0. The second-order valence-electron chi connectivity index (χ2n) is 20.0. The highest BCUT2D eigenvalue weighted by Gasteiger charge is 2.36. The molecule has 0 unspecified atom stereocenters. The molecule has 27 heteroatoms. The van der Waals surface area contributed by atoms with Gasteiger partial charge in [0.1, 0.15) is 85.0 Å². The smallest absolute Gasteiger partial charge is 0.246 e. The van der Waals surface area contributed by atoms with Gasteiger partial charge in [-0.2, -0.15) is 0 Å². The number of hydrogen-bond acceptors (Lipinski definition) is 23. The second kappa shape index (κ2) is 163. The molecule has 1 aliphatic rings. The summed E-state index contributed by atoms with van der Waals surface area (Å²) in [5.41, 5.74) is 25.7.